The van der Waals surface area contributed by atoms with E-state index in [2.05, 4.69) is 49.6 Å². The maximum Gasteiger partial charge on any atom is 0.307 e. The summed E-state index contributed by atoms with van der Waals surface area (Å²) in [7, 11) is 1.45. The van der Waals surface area contributed by atoms with Gasteiger partial charge in [-0.25, -0.2) is 9.97 Å². The van der Waals surface area contributed by atoms with Crippen LogP contribution in [-0.2, 0) is 23.8 Å². The quantitative estimate of drug-likeness (QED) is 0.0296. The molecule has 2 aromatic heterocycles. The maximum atomic E-state index is 14.9. The predicted molar refractivity (Wildman–Crippen MR) is 347 cm³/mol. The molecule has 3 aliphatic heterocycles. The Hall–Kier alpha value is -7.62. The Balaban J connectivity index is 0.000000479. The third kappa shape index (κ3) is 17.3. The highest BCUT2D eigenvalue weighted by Gasteiger charge is 2.44. The summed E-state index contributed by atoms with van der Waals surface area (Å²) in [6.45, 7) is 26.9. The van der Waals surface area contributed by atoms with Gasteiger partial charge >= 0.3 is 11.8 Å². The number of hydrogen-bond acceptors (Lipinski definition) is 23. The van der Waals surface area contributed by atoms with Crippen molar-refractivity contribution >= 4 is 67.9 Å². The number of carbonyl (C=O) groups is 3. The molecule has 0 aliphatic carbocycles. The lowest BCUT2D eigenvalue weighted by Gasteiger charge is -2.38. The largest absolute Gasteiger partial charge is 0.507 e. The third-order valence-electron chi connectivity index (χ3n) is 17.0. The molecule has 11 atom stereocenters. The standard InChI is InChI=1S/C51H64N4O13.C10H24N2O2.C5H5N3O/c1-24(2)23-54-16-18-55(19-17-54)32-21-33(57)39-35(22-32)67-48-40(52-39)36-37-44(60)30(8)47-38(36)49(62)51(10,68-47)65-20-15-34(64-11)27(5)46(66-31(9)56)29(7)43(59)28(6)42(58)25(3)13-12-14-26(4)50(63)53-41(48)45(37)61;1-3-9(7-13)11-5-6-12-10(4-2)8-14;6-5(9)4-3-7-1-2-8-4/h12-15,20-22,24-25,27-29,34,42-43,46,58-60,62H,16-19,23H2,1-11H3,(H,53,63);9-14H,3-8H2,1-2H3;1-3H,(H2,6,9)/b13-12+,20-15+,26-14-;;/t25-,27+,28+,29+,34-,42-,43+,46+,51-;9-,10-;/m00./s1. The summed E-state index contributed by atoms with van der Waals surface area (Å²) < 4.78 is 30.5. The molecule has 4 bridgehead atoms. The summed E-state index contributed by atoms with van der Waals surface area (Å²) in [4.78, 5) is 82.3. The molecule has 91 heavy (non-hydrogen) atoms. The summed E-state index contributed by atoms with van der Waals surface area (Å²) in [5.74, 6) is -6.98. The molecule has 1 saturated heterocycles. The SMILES string of the molecule is CC[C@@H](CO)NCCN[C@@H](CC)CO.CO[C@H]1/C=C/O[C@@]2(C)Oc3c(C)c(O)c4c(=O)c(c5oc6cc(N7CCN(CC(C)C)CC7)cc(=O)c6nc5c4c3=C2O)NC(=O)/C(C)=C\C=C\[C@H](C)[C@H](O)[C@@H](C)[C@@H](O)[C@@H](C)[C@H](OC(C)=O)[C@@H]1C.NC(=O)c1cnccn1. The number of esters is 1. The number of aromatic nitrogens is 3. The first-order valence-corrected chi connectivity index (χ1v) is 31.0. The number of amides is 2. The molecule has 0 unspecified atom stereocenters. The molecule has 2 amide bonds. The number of nitrogens with zero attached hydrogens (tertiary/aromatic N) is 5. The number of allylic oxidation sites excluding steroid dienone is 2. The van der Waals surface area contributed by atoms with E-state index in [1.54, 1.807) is 45.9 Å². The van der Waals surface area contributed by atoms with Crippen molar-refractivity contribution in [3.8, 4) is 11.5 Å². The van der Waals surface area contributed by atoms with Crippen LogP contribution in [0.3, 0.4) is 0 Å². The molecule has 8 rings (SSSR count). The molecule has 0 spiro atoms. The Morgan fingerprint density at radius 3 is 2.09 bits per heavy atom. The number of fused-ring (bicyclic) bond motifs is 2. The number of carbonyl (C=O) groups excluding carboxylic acids is 3. The normalized spacial score (nSPS) is 25.3. The van der Waals surface area contributed by atoms with Crippen LogP contribution in [0.2, 0.25) is 0 Å². The Labute approximate surface area is 530 Å². The topological polar surface area (TPSA) is 364 Å². The highest BCUT2D eigenvalue weighted by Crippen LogP contribution is 2.42. The maximum absolute atomic E-state index is 14.9. The zero-order valence-corrected chi connectivity index (χ0v) is 54.5. The Kier molecular flexibility index (Phi) is 25.9. The van der Waals surface area contributed by atoms with Gasteiger partial charge in [0.25, 0.3) is 11.8 Å². The minimum Gasteiger partial charge on any atom is -0.507 e. The van der Waals surface area contributed by atoms with E-state index in [9.17, 15) is 44.4 Å². The number of aliphatic hydroxyl groups excluding tert-OH is 5. The second-order valence-electron chi connectivity index (χ2n) is 24.2. The van der Waals surface area contributed by atoms with Crippen LogP contribution in [0.1, 0.15) is 105 Å². The Morgan fingerprint density at radius 2 is 1.54 bits per heavy atom. The number of benzene rings is 3. The fourth-order valence-corrected chi connectivity index (χ4v) is 11.4. The number of nitrogens with one attached hydrogen (secondary N) is 3. The molecule has 0 radical (unpaired) electrons. The van der Waals surface area contributed by atoms with E-state index < -0.39 is 94.0 Å². The molecule has 0 saturated carbocycles. The highest BCUT2D eigenvalue weighted by molar-refractivity contribution is 6.17. The van der Waals surface area contributed by atoms with Crippen LogP contribution in [0, 0.1) is 36.5 Å². The van der Waals surface area contributed by atoms with E-state index in [1.807, 2.05) is 13.8 Å². The summed E-state index contributed by atoms with van der Waals surface area (Å²) in [5, 5.41) is 73.6. The van der Waals surface area contributed by atoms with E-state index in [-0.39, 0.29) is 91.8 Å². The van der Waals surface area contributed by atoms with Gasteiger partial charge in [-0.3, -0.25) is 33.9 Å². The molecule has 5 aromatic rings. The molecule has 3 aliphatic rings. The molecule has 11 N–H and O–H groups in total. The lowest BCUT2D eigenvalue weighted by Crippen LogP contribution is -2.47. The second kappa shape index (κ2) is 32.6. The lowest BCUT2D eigenvalue weighted by atomic mass is 9.78. The van der Waals surface area contributed by atoms with Crippen molar-refractivity contribution in [2.45, 2.75) is 138 Å². The number of phenolic OH excluding ortho intramolecular Hbond substituents is 1. The van der Waals surface area contributed by atoms with Crippen LogP contribution in [0.15, 0.2) is 80.9 Å². The van der Waals surface area contributed by atoms with Gasteiger partial charge < -0.3 is 80.6 Å². The van der Waals surface area contributed by atoms with Crippen molar-refractivity contribution in [1.29, 1.82) is 0 Å². The third-order valence-corrected chi connectivity index (χ3v) is 17.0. The average molecular weight is 1270 g/mol. The van der Waals surface area contributed by atoms with Crippen LogP contribution < -0.4 is 47.4 Å². The molecular weight excluding hydrogens is 1170 g/mol. The summed E-state index contributed by atoms with van der Waals surface area (Å²) in [5.41, 5.74) is 3.72. The van der Waals surface area contributed by atoms with E-state index in [1.165, 1.54) is 77.9 Å². The van der Waals surface area contributed by atoms with Crippen molar-refractivity contribution in [1.82, 2.24) is 30.5 Å². The smallest absolute Gasteiger partial charge is 0.307 e. The van der Waals surface area contributed by atoms with Gasteiger partial charge in [0.05, 0.1) is 54.6 Å². The van der Waals surface area contributed by atoms with Gasteiger partial charge in [0, 0.05) is 149 Å². The number of rotatable bonds is 15. The lowest BCUT2D eigenvalue weighted by molar-refractivity contribution is -0.160. The number of nitrogens with two attached hydrogens (primary N) is 1. The molecule has 1 fully saturated rings. The van der Waals surface area contributed by atoms with Gasteiger partial charge in [-0.05, 0) is 38.7 Å². The molecular formula is C66H93N9O16. The number of anilines is 2. The van der Waals surface area contributed by atoms with Gasteiger partial charge in [0.15, 0.2) is 22.4 Å². The zero-order valence-electron chi connectivity index (χ0n) is 54.5. The van der Waals surface area contributed by atoms with Crippen molar-refractivity contribution in [3.63, 3.8) is 0 Å². The van der Waals surface area contributed by atoms with Crippen LogP contribution >= 0.6 is 0 Å². The first kappa shape index (κ1) is 72.4. The number of aromatic hydroxyl groups is 1. The van der Waals surface area contributed by atoms with Crippen molar-refractivity contribution in [2.24, 2.45) is 35.3 Å². The van der Waals surface area contributed by atoms with E-state index in [0.717, 1.165) is 45.6 Å². The van der Waals surface area contributed by atoms with E-state index >= 15 is 0 Å². The van der Waals surface area contributed by atoms with Crippen LogP contribution in [0.25, 0.3) is 38.7 Å². The van der Waals surface area contributed by atoms with Crippen LogP contribution in [-0.4, -0.2) is 177 Å². The molecule has 25 heteroatoms. The minimum absolute atomic E-state index is 0.0390. The molecule has 498 valence electrons. The van der Waals surface area contributed by atoms with E-state index in [4.69, 9.17) is 44.3 Å². The van der Waals surface area contributed by atoms with Crippen molar-refractivity contribution in [3.05, 3.63) is 104 Å². The summed E-state index contributed by atoms with van der Waals surface area (Å²) in [6, 6.07) is 3.56. The zero-order chi connectivity index (χ0) is 67.2. The van der Waals surface area contributed by atoms with Gasteiger partial charge in [-0.1, -0.05) is 73.6 Å². The number of piperazine rings is 1. The highest BCUT2D eigenvalue weighted by atomic mass is 16.7. The fourth-order valence-electron chi connectivity index (χ4n) is 11.4. The average Bonchev–Trinajstić information content (AvgIpc) is 1.67. The van der Waals surface area contributed by atoms with Gasteiger partial charge in [0.1, 0.15) is 34.5 Å². The summed E-state index contributed by atoms with van der Waals surface area (Å²) >= 11 is 0. The number of ether oxygens (including phenoxy) is 4. The van der Waals surface area contributed by atoms with Gasteiger partial charge in [0.2, 0.25) is 10.9 Å². The van der Waals surface area contributed by atoms with Crippen molar-refractivity contribution < 1.29 is 68.4 Å². The first-order chi connectivity index (χ1) is 43.2. The molecule has 5 heterocycles. The number of phenols is 1. The number of methoxy groups -OCH3 is 1. The second-order valence-corrected chi connectivity index (χ2v) is 24.2. The summed E-state index contributed by atoms with van der Waals surface area (Å²) in [6.07, 6.45) is 9.66. The van der Waals surface area contributed by atoms with Crippen LogP contribution in [0.5, 0.6) is 11.5 Å². The molecule has 25 nitrogen and oxygen atoms in total. The predicted octanol–water partition coefficient (Wildman–Crippen LogP) is 4.62. The number of aliphatic hydroxyl groups is 5. The van der Waals surface area contributed by atoms with Gasteiger partial charge in [-0.15, -0.1) is 0 Å². The minimum atomic E-state index is -1.98. The monoisotopic (exact) mass is 1270 g/mol. The number of hydrogen-bond donors (Lipinski definition) is 10. The van der Waals surface area contributed by atoms with Crippen LogP contribution in [0.4, 0.5) is 11.4 Å². The fraction of sp³-hybridized carbons (Fsp3) is 0.545. The first-order valence-electron chi connectivity index (χ1n) is 31.0. The van der Waals surface area contributed by atoms with Crippen molar-refractivity contribution in [2.75, 3.05) is 76.4 Å². The molecule has 3 aromatic carbocycles. The number of primary amides is 1. The Bertz CT molecular complexity index is 3590. The Morgan fingerprint density at radius 1 is 0.890 bits per heavy atom. The van der Waals surface area contributed by atoms with E-state index in [0.29, 0.717) is 24.7 Å². The van der Waals surface area contributed by atoms with Gasteiger partial charge in [-0.2, -0.15) is 0 Å².